The zero-order valence-corrected chi connectivity index (χ0v) is 17.7. The Balaban J connectivity index is 1.85. The first-order valence-electron chi connectivity index (χ1n) is 8.86. The Morgan fingerprint density at radius 2 is 1.61 bits per heavy atom. The summed E-state index contributed by atoms with van der Waals surface area (Å²) in [6.07, 6.45) is 1.21. The molecule has 1 aromatic heterocycles. The third-order valence-electron chi connectivity index (χ3n) is 4.74. The Morgan fingerprint density at radius 3 is 2.25 bits per heavy atom. The summed E-state index contributed by atoms with van der Waals surface area (Å²) in [5, 5.41) is 9.61. The molecule has 1 aliphatic rings. The predicted octanol–water partition coefficient (Wildman–Crippen LogP) is 6.73. The number of halogens is 3. The maximum atomic E-state index is 13.0. The number of nitrogens with one attached hydrogen (secondary N) is 1. The summed E-state index contributed by atoms with van der Waals surface area (Å²) in [7, 11) is 0. The Hall–Kier alpha value is -2.01. The minimum Gasteiger partial charge on any atom is -0.338 e. The third-order valence-corrected chi connectivity index (χ3v) is 5.43. The van der Waals surface area contributed by atoms with Gasteiger partial charge in [0.1, 0.15) is 0 Å². The molecule has 7 heteroatoms. The van der Waals surface area contributed by atoms with Crippen LogP contribution in [-0.4, -0.2) is 15.6 Å². The zero-order valence-electron chi connectivity index (χ0n) is 15.4. The Kier molecular flexibility index (Phi) is 4.90. The SMILES string of the molecule is CC1(C)CC(=O)c2c(Nc3cc(Cl)cc(Cl)c3)nn(-c3ccc(Cl)cc3)c2C1. The Bertz CT molecular complexity index is 1050. The van der Waals surface area contributed by atoms with E-state index in [9.17, 15) is 4.79 Å². The quantitative estimate of drug-likeness (QED) is 0.497. The third kappa shape index (κ3) is 3.77. The van der Waals surface area contributed by atoms with E-state index in [0.717, 1.165) is 17.8 Å². The standard InChI is InChI=1S/C21H18Cl3N3O/c1-21(2)10-17-19(18(28)11-21)20(25-15-8-13(23)7-14(24)9-15)26-27(17)16-5-3-12(22)4-6-16/h3-9H,10-11H2,1-2H3,(H,25,26). The average molecular weight is 435 g/mol. The van der Waals surface area contributed by atoms with Crippen LogP contribution in [0.15, 0.2) is 42.5 Å². The molecule has 1 N–H and O–H groups in total. The summed E-state index contributed by atoms with van der Waals surface area (Å²) >= 11 is 18.3. The first-order chi connectivity index (χ1) is 13.2. The van der Waals surface area contributed by atoms with E-state index in [4.69, 9.17) is 39.9 Å². The van der Waals surface area contributed by atoms with E-state index in [0.29, 0.717) is 38.6 Å². The normalized spacial score (nSPS) is 15.4. The number of carbonyl (C=O) groups is 1. The second-order valence-corrected chi connectivity index (χ2v) is 9.09. The van der Waals surface area contributed by atoms with Gasteiger partial charge in [0, 0.05) is 27.2 Å². The lowest BCUT2D eigenvalue weighted by atomic mass is 9.76. The number of hydrogen-bond acceptors (Lipinski definition) is 3. The molecule has 0 saturated heterocycles. The second kappa shape index (κ2) is 7.11. The van der Waals surface area contributed by atoms with Crippen molar-refractivity contribution in [3.8, 4) is 5.69 Å². The van der Waals surface area contributed by atoms with Gasteiger partial charge in [0.05, 0.1) is 16.9 Å². The fourth-order valence-corrected chi connectivity index (χ4v) is 4.25. The minimum atomic E-state index is -0.134. The molecule has 0 spiro atoms. The first-order valence-corrected chi connectivity index (χ1v) is 9.99. The summed E-state index contributed by atoms with van der Waals surface area (Å²) in [5.41, 5.74) is 2.90. The van der Waals surface area contributed by atoms with Crippen LogP contribution >= 0.6 is 34.8 Å². The summed E-state index contributed by atoms with van der Waals surface area (Å²) in [6, 6.07) is 12.6. The number of Topliss-reactive ketones (excluding diaryl/α,β-unsaturated/α-hetero) is 1. The molecule has 2 aromatic carbocycles. The number of hydrogen-bond donors (Lipinski definition) is 1. The van der Waals surface area contributed by atoms with Crippen LogP contribution in [0, 0.1) is 5.41 Å². The van der Waals surface area contributed by atoms with Gasteiger partial charge in [-0.05, 0) is 54.3 Å². The number of benzene rings is 2. The van der Waals surface area contributed by atoms with Crippen molar-refractivity contribution in [2.24, 2.45) is 5.41 Å². The van der Waals surface area contributed by atoms with E-state index in [1.807, 2.05) is 28.9 Å². The van der Waals surface area contributed by atoms with Crippen LogP contribution in [0.4, 0.5) is 11.5 Å². The van der Waals surface area contributed by atoms with E-state index < -0.39 is 0 Å². The molecule has 144 valence electrons. The number of rotatable bonds is 3. The lowest BCUT2D eigenvalue weighted by Crippen LogP contribution is -2.28. The van der Waals surface area contributed by atoms with Gasteiger partial charge in [0.25, 0.3) is 0 Å². The average Bonchev–Trinajstić information content (AvgIpc) is 2.91. The van der Waals surface area contributed by atoms with Gasteiger partial charge in [0.2, 0.25) is 0 Å². The van der Waals surface area contributed by atoms with Crippen molar-refractivity contribution in [2.75, 3.05) is 5.32 Å². The maximum Gasteiger partial charge on any atom is 0.169 e. The molecule has 0 saturated carbocycles. The van der Waals surface area contributed by atoms with Gasteiger partial charge in [-0.2, -0.15) is 0 Å². The molecule has 1 heterocycles. The fourth-order valence-electron chi connectivity index (χ4n) is 3.59. The number of carbonyl (C=O) groups excluding carboxylic acids is 1. The molecule has 0 unspecified atom stereocenters. The van der Waals surface area contributed by atoms with Gasteiger partial charge in [0.15, 0.2) is 11.6 Å². The highest BCUT2D eigenvalue weighted by atomic mass is 35.5. The molecule has 0 bridgehead atoms. The van der Waals surface area contributed by atoms with E-state index in [-0.39, 0.29) is 11.2 Å². The molecular weight excluding hydrogens is 417 g/mol. The van der Waals surface area contributed by atoms with Crippen molar-refractivity contribution in [3.05, 3.63) is 68.8 Å². The molecule has 0 amide bonds. The van der Waals surface area contributed by atoms with Crippen LogP contribution in [-0.2, 0) is 6.42 Å². The van der Waals surface area contributed by atoms with Crippen molar-refractivity contribution in [1.82, 2.24) is 9.78 Å². The molecule has 0 aliphatic heterocycles. The smallest absolute Gasteiger partial charge is 0.169 e. The number of aromatic nitrogens is 2. The summed E-state index contributed by atoms with van der Waals surface area (Å²) in [5.74, 6) is 0.575. The highest BCUT2D eigenvalue weighted by Crippen LogP contribution is 2.39. The molecule has 28 heavy (non-hydrogen) atoms. The molecule has 0 atom stereocenters. The van der Waals surface area contributed by atoms with Gasteiger partial charge in [-0.3, -0.25) is 4.79 Å². The van der Waals surface area contributed by atoms with Crippen LogP contribution in [0.5, 0.6) is 0 Å². The maximum absolute atomic E-state index is 13.0. The molecular formula is C21H18Cl3N3O. The lowest BCUT2D eigenvalue weighted by molar-refractivity contribution is 0.0912. The number of fused-ring (bicyclic) bond motifs is 1. The highest BCUT2D eigenvalue weighted by Gasteiger charge is 2.37. The van der Waals surface area contributed by atoms with E-state index in [1.165, 1.54) is 0 Å². The van der Waals surface area contributed by atoms with Crippen molar-refractivity contribution in [1.29, 1.82) is 0 Å². The Labute approximate surface area is 178 Å². The van der Waals surface area contributed by atoms with E-state index >= 15 is 0 Å². The van der Waals surface area contributed by atoms with Gasteiger partial charge < -0.3 is 5.32 Å². The molecule has 3 aromatic rings. The molecule has 4 rings (SSSR count). The van der Waals surface area contributed by atoms with E-state index in [1.54, 1.807) is 18.2 Å². The van der Waals surface area contributed by atoms with Crippen molar-refractivity contribution in [2.45, 2.75) is 26.7 Å². The van der Waals surface area contributed by atoms with Gasteiger partial charge in [-0.15, -0.1) is 5.10 Å². The van der Waals surface area contributed by atoms with Crippen LogP contribution in [0.3, 0.4) is 0 Å². The molecule has 0 fully saturated rings. The largest absolute Gasteiger partial charge is 0.338 e. The second-order valence-electron chi connectivity index (χ2n) is 7.78. The predicted molar refractivity (Wildman–Crippen MR) is 115 cm³/mol. The number of nitrogens with zero attached hydrogens (tertiary/aromatic N) is 2. The van der Waals surface area contributed by atoms with Gasteiger partial charge in [-0.1, -0.05) is 48.7 Å². The van der Waals surface area contributed by atoms with Crippen LogP contribution in [0.1, 0.15) is 36.3 Å². The van der Waals surface area contributed by atoms with E-state index in [2.05, 4.69) is 19.2 Å². The number of anilines is 2. The molecule has 4 nitrogen and oxygen atoms in total. The lowest BCUT2D eigenvalue weighted by Gasteiger charge is -2.29. The van der Waals surface area contributed by atoms with Gasteiger partial charge >= 0.3 is 0 Å². The van der Waals surface area contributed by atoms with Crippen molar-refractivity contribution < 1.29 is 4.79 Å². The fraction of sp³-hybridized carbons (Fsp3) is 0.238. The minimum absolute atomic E-state index is 0.0714. The summed E-state index contributed by atoms with van der Waals surface area (Å²) < 4.78 is 1.82. The monoisotopic (exact) mass is 433 g/mol. The Morgan fingerprint density at radius 1 is 0.964 bits per heavy atom. The topological polar surface area (TPSA) is 46.9 Å². The highest BCUT2D eigenvalue weighted by molar-refractivity contribution is 6.35. The first kappa shape index (κ1) is 19.3. The zero-order chi connectivity index (χ0) is 20.1. The van der Waals surface area contributed by atoms with Crippen LogP contribution < -0.4 is 5.32 Å². The van der Waals surface area contributed by atoms with Crippen molar-refractivity contribution >= 4 is 52.1 Å². The molecule has 0 radical (unpaired) electrons. The van der Waals surface area contributed by atoms with Gasteiger partial charge in [-0.25, -0.2) is 4.68 Å². The van der Waals surface area contributed by atoms with Crippen molar-refractivity contribution in [3.63, 3.8) is 0 Å². The van der Waals surface area contributed by atoms with Crippen LogP contribution in [0.2, 0.25) is 15.1 Å². The summed E-state index contributed by atoms with van der Waals surface area (Å²) in [4.78, 5) is 13.0. The number of ketones is 1. The van der Waals surface area contributed by atoms with Crippen LogP contribution in [0.25, 0.3) is 5.69 Å². The molecule has 1 aliphatic carbocycles. The summed E-state index contributed by atoms with van der Waals surface area (Å²) in [6.45, 7) is 4.19.